The van der Waals surface area contributed by atoms with Crippen LogP contribution in [0.5, 0.6) is 11.5 Å². The second kappa shape index (κ2) is 12.0. The van der Waals surface area contributed by atoms with E-state index in [-0.39, 0.29) is 33.6 Å². The Kier molecular flexibility index (Phi) is 9.24. The molecule has 0 saturated carbocycles. The second-order valence-electron chi connectivity index (χ2n) is 7.37. The molecule has 36 heavy (non-hydrogen) atoms. The maximum atomic E-state index is 12.8. The van der Waals surface area contributed by atoms with Gasteiger partial charge in [0.05, 0.1) is 20.2 Å². The van der Waals surface area contributed by atoms with Gasteiger partial charge in [-0.3, -0.25) is 4.79 Å². The number of ether oxygens (including phenoxy) is 1. The van der Waals surface area contributed by atoms with Gasteiger partial charge in [-0.2, -0.15) is 13.7 Å². The minimum Gasteiger partial charge on any atom is -0.490 e. The highest BCUT2D eigenvalue weighted by Crippen LogP contribution is 2.37. The molecule has 0 radical (unpaired) electrons. The van der Waals surface area contributed by atoms with Crippen molar-refractivity contribution in [3.63, 3.8) is 0 Å². The minimum atomic E-state index is -4.13. The average molecular weight is 657 g/mol. The van der Waals surface area contributed by atoms with E-state index in [0.717, 1.165) is 5.56 Å². The number of amides is 1. The van der Waals surface area contributed by atoms with E-state index in [1.165, 1.54) is 36.4 Å². The molecule has 0 bridgehead atoms. The van der Waals surface area contributed by atoms with Crippen molar-refractivity contribution in [2.45, 2.75) is 18.7 Å². The molecule has 0 heterocycles. The molecule has 3 aromatic carbocycles. The number of rotatable bonds is 8. The fourth-order valence-corrected chi connectivity index (χ4v) is 5.11. The van der Waals surface area contributed by atoms with Gasteiger partial charge in [0.15, 0.2) is 11.5 Å². The molecule has 7 nitrogen and oxygen atoms in total. The zero-order valence-electron chi connectivity index (χ0n) is 19.0. The Hall–Kier alpha value is -2.78. The zero-order valence-corrected chi connectivity index (χ0v) is 23.5. The summed E-state index contributed by atoms with van der Waals surface area (Å²) in [6.45, 7) is 3.81. The smallest absolute Gasteiger partial charge is 0.339 e. The van der Waals surface area contributed by atoms with Crippen LogP contribution in [0.2, 0.25) is 10.0 Å². The Labute approximate surface area is 232 Å². The van der Waals surface area contributed by atoms with Crippen LogP contribution in [0.1, 0.15) is 18.1 Å². The lowest BCUT2D eigenvalue weighted by atomic mass is 10.1. The molecular weight excluding hydrogens is 638 g/mol. The third-order valence-electron chi connectivity index (χ3n) is 4.69. The van der Waals surface area contributed by atoms with Crippen molar-refractivity contribution in [2.75, 3.05) is 11.9 Å². The number of carbonyl (C=O) groups excluding carboxylic acids is 1. The van der Waals surface area contributed by atoms with E-state index in [0.29, 0.717) is 19.8 Å². The van der Waals surface area contributed by atoms with E-state index in [1.54, 1.807) is 31.2 Å². The molecule has 0 unspecified atom stereocenters. The van der Waals surface area contributed by atoms with E-state index >= 15 is 0 Å². The van der Waals surface area contributed by atoms with Crippen LogP contribution in [0.4, 0.5) is 5.69 Å². The van der Waals surface area contributed by atoms with Crippen molar-refractivity contribution in [2.24, 2.45) is 0 Å². The Balaban J connectivity index is 1.93. The summed E-state index contributed by atoms with van der Waals surface area (Å²) in [4.78, 5) is 12.7. The molecule has 0 fully saturated rings. The van der Waals surface area contributed by atoms with Crippen LogP contribution >= 0.6 is 45.8 Å². The Bertz CT molecular complexity index is 1480. The monoisotopic (exact) mass is 656 g/mol. The van der Waals surface area contributed by atoms with Crippen LogP contribution in [0, 0.1) is 21.8 Å². The first-order chi connectivity index (χ1) is 17.0. The van der Waals surface area contributed by atoms with Crippen LogP contribution in [-0.2, 0) is 14.9 Å². The molecule has 3 aromatic rings. The molecule has 1 N–H and O–H groups in total. The molecule has 0 saturated heterocycles. The van der Waals surface area contributed by atoms with Gasteiger partial charge in [-0.15, -0.1) is 0 Å². The summed E-state index contributed by atoms with van der Waals surface area (Å²) in [5.74, 6) is -0.506. The van der Waals surface area contributed by atoms with Crippen molar-refractivity contribution >= 4 is 73.6 Å². The normalized spacial score (nSPS) is 11.5. The lowest BCUT2D eigenvalue weighted by Crippen LogP contribution is -2.13. The number of hydrogen-bond acceptors (Lipinski definition) is 6. The number of benzene rings is 3. The lowest BCUT2D eigenvalue weighted by Gasteiger charge is -2.15. The van der Waals surface area contributed by atoms with E-state index < -0.39 is 16.0 Å². The van der Waals surface area contributed by atoms with Crippen LogP contribution in [0.15, 0.2) is 65.1 Å². The first-order valence-electron chi connectivity index (χ1n) is 10.4. The molecule has 0 aromatic heterocycles. The standard InChI is InChI=1S/C25H19Cl2IN2O5S/c1-3-34-23-12-16(10-17(14-29)25(31)30-18-6-9-20(26)21(27)13-18)11-22(28)24(23)35-36(32,33)19-7-4-15(2)5-8-19/h4-13H,3H2,1-2H3,(H,30,31)/b17-10+. The fourth-order valence-electron chi connectivity index (χ4n) is 2.97. The van der Waals surface area contributed by atoms with Gasteiger partial charge in [-0.05, 0) is 90.5 Å². The molecule has 3 rings (SSSR count). The third kappa shape index (κ3) is 6.91. The van der Waals surface area contributed by atoms with Crippen LogP contribution in [0.25, 0.3) is 6.08 Å². The Morgan fingerprint density at radius 3 is 2.42 bits per heavy atom. The maximum absolute atomic E-state index is 12.8. The highest BCUT2D eigenvalue weighted by molar-refractivity contribution is 14.1. The van der Waals surface area contributed by atoms with Crippen LogP contribution in [-0.4, -0.2) is 20.9 Å². The van der Waals surface area contributed by atoms with Crippen molar-refractivity contribution in [3.05, 3.63) is 84.9 Å². The van der Waals surface area contributed by atoms with Gasteiger partial charge < -0.3 is 14.2 Å². The van der Waals surface area contributed by atoms with Crippen molar-refractivity contribution in [1.29, 1.82) is 5.26 Å². The molecule has 0 spiro atoms. The fraction of sp³-hybridized carbons (Fsp3) is 0.120. The molecule has 11 heteroatoms. The molecule has 186 valence electrons. The van der Waals surface area contributed by atoms with Gasteiger partial charge in [0.25, 0.3) is 5.91 Å². The number of aryl methyl sites for hydroxylation is 1. The first kappa shape index (κ1) is 27.8. The molecule has 0 aliphatic heterocycles. The number of nitriles is 1. The summed E-state index contributed by atoms with van der Waals surface area (Å²) in [5, 5.41) is 12.7. The number of anilines is 1. The van der Waals surface area contributed by atoms with Crippen LogP contribution in [0.3, 0.4) is 0 Å². The summed E-state index contributed by atoms with van der Waals surface area (Å²) in [5.41, 5.74) is 1.51. The van der Waals surface area contributed by atoms with Crippen molar-refractivity contribution in [3.8, 4) is 17.6 Å². The second-order valence-corrected chi connectivity index (χ2v) is 10.9. The van der Waals surface area contributed by atoms with Crippen molar-refractivity contribution < 1.29 is 22.1 Å². The summed E-state index contributed by atoms with van der Waals surface area (Å²) >= 11 is 13.8. The SMILES string of the molecule is CCOc1cc(/C=C(\C#N)C(=O)Nc2ccc(Cl)c(Cl)c2)cc(I)c1OS(=O)(=O)c1ccc(C)cc1. The van der Waals surface area contributed by atoms with E-state index in [4.69, 9.17) is 32.1 Å². The summed E-state index contributed by atoms with van der Waals surface area (Å²) < 4.78 is 37.1. The predicted molar refractivity (Wildman–Crippen MR) is 148 cm³/mol. The van der Waals surface area contributed by atoms with Gasteiger partial charge in [-0.25, -0.2) is 0 Å². The highest BCUT2D eigenvalue weighted by Gasteiger charge is 2.22. The third-order valence-corrected chi connectivity index (χ3v) is 7.46. The highest BCUT2D eigenvalue weighted by atomic mass is 127. The van der Waals surface area contributed by atoms with Crippen molar-refractivity contribution in [1.82, 2.24) is 0 Å². The predicted octanol–water partition coefficient (Wildman–Crippen LogP) is 6.62. The van der Waals surface area contributed by atoms with Gasteiger partial charge in [0, 0.05) is 5.69 Å². The minimum absolute atomic E-state index is 0.000983. The first-order valence-corrected chi connectivity index (χ1v) is 13.6. The quantitative estimate of drug-likeness (QED) is 0.126. The summed E-state index contributed by atoms with van der Waals surface area (Å²) in [7, 11) is -4.13. The number of nitrogens with zero attached hydrogens (tertiary/aromatic N) is 1. The molecular formula is C25H19Cl2IN2O5S. The van der Waals surface area contributed by atoms with E-state index in [2.05, 4.69) is 5.32 Å². The maximum Gasteiger partial charge on any atom is 0.339 e. The molecule has 0 aliphatic carbocycles. The van der Waals surface area contributed by atoms with Gasteiger partial charge in [-0.1, -0.05) is 40.9 Å². The van der Waals surface area contributed by atoms with Crippen LogP contribution < -0.4 is 14.2 Å². The van der Waals surface area contributed by atoms with Gasteiger partial charge >= 0.3 is 10.1 Å². The van der Waals surface area contributed by atoms with Gasteiger partial charge in [0.2, 0.25) is 0 Å². The Morgan fingerprint density at radius 1 is 1.11 bits per heavy atom. The number of hydrogen-bond donors (Lipinski definition) is 1. The number of halogens is 3. The molecule has 1 amide bonds. The topological polar surface area (TPSA) is 105 Å². The van der Waals surface area contributed by atoms with E-state index in [9.17, 15) is 18.5 Å². The van der Waals surface area contributed by atoms with Gasteiger partial charge in [0.1, 0.15) is 16.5 Å². The Morgan fingerprint density at radius 2 is 1.81 bits per heavy atom. The molecule has 0 atom stereocenters. The number of carbonyl (C=O) groups is 1. The number of nitrogens with one attached hydrogen (secondary N) is 1. The zero-order chi connectivity index (χ0) is 26.5. The summed E-state index contributed by atoms with van der Waals surface area (Å²) in [6.07, 6.45) is 1.36. The largest absolute Gasteiger partial charge is 0.490 e. The molecule has 0 aliphatic rings. The summed E-state index contributed by atoms with van der Waals surface area (Å²) in [6, 6.07) is 15.7. The lowest BCUT2D eigenvalue weighted by molar-refractivity contribution is -0.112. The average Bonchev–Trinajstić information content (AvgIpc) is 2.82. The van der Waals surface area contributed by atoms with E-state index in [1.807, 2.05) is 35.6 Å².